The Bertz CT molecular complexity index is 326. The number of amides is 1. The molecule has 4 heteroatoms. The predicted molar refractivity (Wildman–Crippen MR) is 55.9 cm³/mol. The second-order valence-corrected chi connectivity index (χ2v) is 3.95. The SMILES string of the molecule is CCC(C#N)NC(=O)Cc1cccs1. The van der Waals surface area contributed by atoms with Crippen LogP contribution in [-0.4, -0.2) is 11.9 Å². The molecule has 1 aromatic rings. The lowest BCUT2D eigenvalue weighted by Gasteiger charge is -2.07. The van der Waals surface area contributed by atoms with Crippen molar-refractivity contribution in [3.8, 4) is 6.07 Å². The lowest BCUT2D eigenvalue weighted by atomic mass is 10.2. The van der Waals surface area contributed by atoms with Crippen molar-refractivity contribution in [2.75, 3.05) is 0 Å². The van der Waals surface area contributed by atoms with E-state index in [1.165, 1.54) is 0 Å². The standard InChI is InChI=1S/C10H12N2OS/c1-2-8(7-11)12-10(13)6-9-4-3-5-14-9/h3-5,8H,2,6H2,1H3,(H,12,13). The maximum absolute atomic E-state index is 11.4. The van der Waals surface area contributed by atoms with Gasteiger partial charge in [0.05, 0.1) is 12.5 Å². The van der Waals surface area contributed by atoms with Crippen LogP contribution < -0.4 is 5.32 Å². The summed E-state index contributed by atoms with van der Waals surface area (Å²) in [6.07, 6.45) is 1.02. The van der Waals surface area contributed by atoms with E-state index in [-0.39, 0.29) is 11.9 Å². The summed E-state index contributed by atoms with van der Waals surface area (Å²) in [4.78, 5) is 12.4. The fourth-order valence-corrected chi connectivity index (χ4v) is 1.75. The minimum atomic E-state index is -0.359. The molecule has 0 fully saturated rings. The first-order chi connectivity index (χ1) is 6.76. The summed E-state index contributed by atoms with van der Waals surface area (Å²) in [5.74, 6) is -0.0825. The predicted octanol–water partition coefficient (Wildman–Crippen LogP) is 1.71. The van der Waals surface area contributed by atoms with E-state index in [1.807, 2.05) is 30.5 Å². The number of nitriles is 1. The average molecular weight is 208 g/mol. The number of hydrogen-bond donors (Lipinski definition) is 1. The first-order valence-electron chi connectivity index (χ1n) is 4.47. The molecular weight excluding hydrogens is 196 g/mol. The van der Waals surface area contributed by atoms with E-state index in [2.05, 4.69) is 5.32 Å². The molecule has 0 bridgehead atoms. The van der Waals surface area contributed by atoms with Gasteiger partial charge in [-0.05, 0) is 17.9 Å². The van der Waals surface area contributed by atoms with Crippen LogP contribution in [0.1, 0.15) is 18.2 Å². The van der Waals surface area contributed by atoms with Crippen LogP contribution in [0.25, 0.3) is 0 Å². The second kappa shape index (κ2) is 5.40. The summed E-state index contributed by atoms with van der Waals surface area (Å²) in [6.45, 7) is 1.87. The monoisotopic (exact) mass is 208 g/mol. The Balaban J connectivity index is 2.40. The molecule has 0 aliphatic heterocycles. The molecule has 1 amide bonds. The third kappa shape index (κ3) is 3.19. The van der Waals surface area contributed by atoms with Crippen LogP contribution in [0.4, 0.5) is 0 Å². The first kappa shape index (κ1) is 10.7. The van der Waals surface area contributed by atoms with Crippen molar-refractivity contribution >= 4 is 17.2 Å². The molecule has 1 heterocycles. The summed E-state index contributed by atoms with van der Waals surface area (Å²) in [5, 5.41) is 13.2. The van der Waals surface area contributed by atoms with Gasteiger partial charge < -0.3 is 5.32 Å². The van der Waals surface area contributed by atoms with E-state index >= 15 is 0 Å². The van der Waals surface area contributed by atoms with Crippen molar-refractivity contribution in [2.24, 2.45) is 0 Å². The highest BCUT2D eigenvalue weighted by molar-refractivity contribution is 7.10. The van der Waals surface area contributed by atoms with E-state index in [4.69, 9.17) is 5.26 Å². The van der Waals surface area contributed by atoms with Crippen LogP contribution >= 0.6 is 11.3 Å². The third-order valence-electron chi connectivity index (χ3n) is 1.81. The van der Waals surface area contributed by atoms with E-state index < -0.39 is 0 Å². The average Bonchev–Trinajstić information content (AvgIpc) is 2.66. The lowest BCUT2D eigenvalue weighted by molar-refractivity contribution is -0.120. The van der Waals surface area contributed by atoms with Crippen molar-refractivity contribution < 1.29 is 4.79 Å². The highest BCUT2D eigenvalue weighted by Crippen LogP contribution is 2.08. The molecule has 1 N–H and O–H groups in total. The zero-order valence-electron chi connectivity index (χ0n) is 7.99. The van der Waals surface area contributed by atoms with Gasteiger partial charge >= 0.3 is 0 Å². The minimum Gasteiger partial charge on any atom is -0.340 e. The van der Waals surface area contributed by atoms with Crippen LogP contribution in [0, 0.1) is 11.3 Å². The van der Waals surface area contributed by atoms with E-state index in [0.717, 1.165) is 4.88 Å². The summed E-state index contributed by atoms with van der Waals surface area (Å²) in [7, 11) is 0. The largest absolute Gasteiger partial charge is 0.340 e. The molecule has 3 nitrogen and oxygen atoms in total. The molecule has 1 unspecified atom stereocenters. The van der Waals surface area contributed by atoms with Gasteiger partial charge in [-0.15, -0.1) is 11.3 Å². The Morgan fingerprint density at radius 2 is 2.57 bits per heavy atom. The highest BCUT2D eigenvalue weighted by Gasteiger charge is 2.09. The molecule has 1 rings (SSSR count). The topological polar surface area (TPSA) is 52.9 Å². The van der Waals surface area contributed by atoms with Crippen molar-refractivity contribution in [3.63, 3.8) is 0 Å². The van der Waals surface area contributed by atoms with E-state index in [1.54, 1.807) is 11.3 Å². The van der Waals surface area contributed by atoms with E-state index in [9.17, 15) is 4.79 Å². The van der Waals surface area contributed by atoms with Crippen molar-refractivity contribution in [1.82, 2.24) is 5.32 Å². The quantitative estimate of drug-likeness (QED) is 0.819. The second-order valence-electron chi connectivity index (χ2n) is 2.91. The van der Waals surface area contributed by atoms with Crippen molar-refractivity contribution in [1.29, 1.82) is 5.26 Å². The summed E-state index contributed by atoms with van der Waals surface area (Å²) in [5.41, 5.74) is 0. The Morgan fingerprint density at radius 1 is 1.79 bits per heavy atom. The zero-order chi connectivity index (χ0) is 10.4. The Kier molecular flexibility index (Phi) is 4.14. The number of hydrogen-bond acceptors (Lipinski definition) is 3. The van der Waals surface area contributed by atoms with Gasteiger partial charge in [0.25, 0.3) is 0 Å². The fraction of sp³-hybridized carbons (Fsp3) is 0.400. The highest BCUT2D eigenvalue weighted by atomic mass is 32.1. The van der Waals surface area contributed by atoms with Gasteiger partial charge in [-0.3, -0.25) is 4.79 Å². The third-order valence-corrected chi connectivity index (χ3v) is 2.69. The molecule has 0 aliphatic rings. The molecule has 0 aromatic carbocycles. The number of thiophene rings is 1. The number of carbonyl (C=O) groups excluding carboxylic acids is 1. The van der Waals surface area contributed by atoms with Crippen molar-refractivity contribution in [3.05, 3.63) is 22.4 Å². The van der Waals surface area contributed by atoms with Gasteiger partial charge in [-0.25, -0.2) is 0 Å². The molecule has 1 aromatic heterocycles. The Labute approximate surface area is 87.4 Å². The smallest absolute Gasteiger partial charge is 0.226 e. The van der Waals surface area contributed by atoms with Crippen molar-refractivity contribution in [2.45, 2.75) is 25.8 Å². The minimum absolute atomic E-state index is 0.0825. The van der Waals surface area contributed by atoms with Gasteiger partial charge in [-0.2, -0.15) is 5.26 Å². The Morgan fingerprint density at radius 3 is 3.07 bits per heavy atom. The van der Waals surface area contributed by atoms with Crippen LogP contribution in [0.5, 0.6) is 0 Å². The van der Waals surface area contributed by atoms with Gasteiger partial charge in [-0.1, -0.05) is 13.0 Å². The van der Waals surface area contributed by atoms with E-state index in [0.29, 0.717) is 12.8 Å². The van der Waals surface area contributed by atoms with Gasteiger partial charge in [0.15, 0.2) is 0 Å². The molecular formula is C10H12N2OS. The summed E-state index contributed by atoms with van der Waals surface area (Å²) < 4.78 is 0. The van der Waals surface area contributed by atoms with Crippen LogP contribution in [0.15, 0.2) is 17.5 Å². The molecule has 1 atom stereocenters. The number of carbonyl (C=O) groups is 1. The molecule has 0 radical (unpaired) electrons. The molecule has 0 saturated heterocycles. The van der Waals surface area contributed by atoms with Crippen LogP contribution in [0.2, 0.25) is 0 Å². The number of rotatable bonds is 4. The first-order valence-corrected chi connectivity index (χ1v) is 5.35. The molecule has 14 heavy (non-hydrogen) atoms. The van der Waals surface area contributed by atoms with Crippen LogP contribution in [-0.2, 0) is 11.2 Å². The normalized spacial score (nSPS) is 11.7. The maximum Gasteiger partial charge on any atom is 0.226 e. The molecule has 0 saturated carbocycles. The molecule has 0 spiro atoms. The number of nitrogens with one attached hydrogen (secondary N) is 1. The zero-order valence-corrected chi connectivity index (χ0v) is 8.80. The Hall–Kier alpha value is -1.34. The van der Waals surface area contributed by atoms with Crippen LogP contribution in [0.3, 0.4) is 0 Å². The van der Waals surface area contributed by atoms with Gasteiger partial charge in [0.2, 0.25) is 5.91 Å². The molecule has 74 valence electrons. The molecule has 0 aliphatic carbocycles. The number of nitrogens with zero attached hydrogens (tertiary/aromatic N) is 1. The lowest BCUT2D eigenvalue weighted by Crippen LogP contribution is -2.34. The summed E-state index contributed by atoms with van der Waals surface area (Å²) >= 11 is 1.55. The van der Waals surface area contributed by atoms with Gasteiger partial charge in [0.1, 0.15) is 6.04 Å². The fourth-order valence-electron chi connectivity index (χ4n) is 1.04. The maximum atomic E-state index is 11.4. The van der Waals surface area contributed by atoms with Gasteiger partial charge in [0, 0.05) is 4.88 Å². The summed E-state index contributed by atoms with van der Waals surface area (Å²) in [6, 6.07) is 5.50.